The molecule has 2 saturated heterocycles. The summed E-state index contributed by atoms with van der Waals surface area (Å²) in [7, 11) is 0. The number of ether oxygens (including phenoxy) is 1. The molecule has 0 aromatic rings. The van der Waals surface area contributed by atoms with Gasteiger partial charge in [0.05, 0.1) is 17.3 Å². The molecule has 1 spiro atoms. The van der Waals surface area contributed by atoms with Gasteiger partial charge in [0, 0.05) is 25.6 Å². The molecule has 0 aromatic carbocycles. The quantitative estimate of drug-likeness (QED) is 0.849. The van der Waals surface area contributed by atoms with Gasteiger partial charge in [-0.05, 0) is 44.9 Å². The van der Waals surface area contributed by atoms with Gasteiger partial charge in [0.2, 0.25) is 0 Å². The molecule has 4 fully saturated rings. The predicted octanol–water partition coefficient (Wildman–Crippen LogP) is 3.11. The molecule has 3 atom stereocenters. The van der Waals surface area contributed by atoms with Crippen molar-refractivity contribution in [2.75, 3.05) is 19.6 Å². The second kappa shape index (κ2) is 5.50. The Morgan fingerprint density at radius 2 is 1.76 bits per heavy atom. The third-order valence-corrected chi connectivity index (χ3v) is 6.83. The molecule has 2 aliphatic heterocycles. The maximum absolute atomic E-state index is 10.8. The summed E-state index contributed by atoms with van der Waals surface area (Å²) in [4.78, 5) is 2.59. The van der Waals surface area contributed by atoms with E-state index in [1.807, 2.05) is 0 Å². The number of rotatable bonds is 2. The second-order valence-electron chi connectivity index (χ2n) is 8.22. The van der Waals surface area contributed by atoms with Crippen LogP contribution in [0.1, 0.15) is 70.6 Å². The maximum Gasteiger partial charge on any atom is 0.0710 e. The van der Waals surface area contributed by atoms with Crippen LogP contribution < -0.4 is 0 Å². The average molecular weight is 293 g/mol. The van der Waals surface area contributed by atoms with Gasteiger partial charge in [0.25, 0.3) is 0 Å². The highest BCUT2D eigenvalue weighted by atomic mass is 16.5. The number of aliphatic hydroxyl groups is 1. The fourth-order valence-corrected chi connectivity index (χ4v) is 5.50. The summed E-state index contributed by atoms with van der Waals surface area (Å²) in [5.41, 5.74) is -0.0655. The molecule has 3 nitrogen and oxygen atoms in total. The van der Waals surface area contributed by atoms with Crippen LogP contribution in [0.25, 0.3) is 0 Å². The molecule has 4 aliphatic rings. The van der Waals surface area contributed by atoms with Gasteiger partial charge >= 0.3 is 0 Å². The first-order valence-corrected chi connectivity index (χ1v) is 9.30. The first-order chi connectivity index (χ1) is 10.2. The molecular weight excluding hydrogens is 262 g/mol. The molecule has 0 aromatic heterocycles. The molecule has 4 rings (SSSR count). The molecule has 3 unspecified atom stereocenters. The van der Waals surface area contributed by atoms with Crippen LogP contribution in [0, 0.1) is 5.92 Å². The first-order valence-electron chi connectivity index (χ1n) is 9.30. The summed E-state index contributed by atoms with van der Waals surface area (Å²) in [5, 5.41) is 10.8. The van der Waals surface area contributed by atoms with Crippen molar-refractivity contribution < 1.29 is 9.84 Å². The van der Waals surface area contributed by atoms with Crippen LogP contribution in [0.3, 0.4) is 0 Å². The smallest absolute Gasteiger partial charge is 0.0710 e. The van der Waals surface area contributed by atoms with Crippen molar-refractivity contribution in [1.82, 2.24) is 4.90 Å². The summed E-state index contributed by atoms with van der Waals surface area (Å²) in [6.45, 7) is 3.28. The van der Waals surface area contributed by atoms with E-state index in [4.69, 9.17) is 4.74 Å². The Kier molecular flexibility index (Phi) is 3.79. The maximum atomic E-state index is 10.8. The van der Waals surface area contributed by atoms with Gasteiger partial charge in [-0.2, -0.15) is 0 Å². The standard InChI is InChI=1S/C18H31NO2/c20-18-9-2-1-5-15(18)13-19(12-11-18)14-16-6-10-17(21-16)7-3-4-8-17/h15-16,20H,1-14H2. The van der Waals surface area contributed by atoms with Gasteiger partial charge < -0.3 is 14.7 Å². The molecule has 1 N–H and O–H groups in total. The zero-order chi connectivity index (χ0) is 14.3. The van der Waals surface area contributed by atoms with Gasteiger partial charge in [0.15, 0.2) is 0 Å². The van der Waals surface area contributed by atoms with Crippen molar-refractivity contribution in [2.45, 2.75) is 87.9 Å². The molecule has 21 heavy (non-hydrogen) atoms. The number of nitrogens with zero attached hydrogens (tertiary/aromatic N) is 1. The lowest BCUT2D eigenvalue weighted by atomic mass is 9.71. The molecule has 0 bridgehead atoms. The summed E-state index contributed by atoms with van der Waals surface area (Å²) in [6, 6.07) is 0. The van der Waals surface area contributed by atoms with Crippen LogP contribution in [-0.4, -0.2) is 46.9 Å². The van der Waals surface area contributed by atoms with Crippen molar-refractivity contribution in [3.05, 3.63) is 0 Å². The van der Waals surface area contributed by atoms with E-state index in [9.17, 15) is 5.11 Å². The zero-order valence-electron chi connectivity index (χ0n) is 13.4. The largest absolute Gasteiger partial charge is 0.390 e. The Hall–Kier alpha value is -0.120. The Labute approximate surface area is 129 Å². The minimum atomic E-state index is -0.335. The van der Waals surface area contributed by atoms with Crippen LogP contribution >= 0.6 is 0 Å². The SMILES string of the molecule is OC12CCCCC1CN(CC1CCC3(CCCC3)O1)CC2. The molecule has 2 saturated carbocycles. The molecule has 0 amide bonds. The van der Waals surface area contributed by atoms with Gasteiger partial charge in [-0.25, -0.2) is 0 Å². The predicted molar refractivity (Wildman–Crippen MR) is 83.3 cm³/mol. The molecule has 2 aliphatic carbocycles. The fourth-order valence-electron chi connectivity index (χ4n) is 5.50. The van der Waals surface area contributed by atoms with Gasteiger partial charge in [-0.3, -0.25) is 0 Å². The van der Waals surface area contributed by atoms with Crippen LogP contribution in [0.2, 0.25) is 0 Å². The normalized spacial score (nSPS) is 43.3. The van der Waals surface area contributed by atoms with E-state index in [-0.39, 0.29) is 11.2 Å². The Morgan fingerprint density at radius 1 is 0.952 bits per heavy atom. The lowest BCUT2D eigenvalue weighted by molar-refractivity contribution is -0.107. The summed E-state index contributed by atoms with van der Waals surface area (Å²) in [5.74, 6) is 0.516. The van der Waals surface area contributed by atoms with E-state index >= 15 is 0 Å². The molecule has 0 radical (unpaired) electrons. The molecule has 2 heterocycles. The Morgan fingerprint density at radius 3 is 2.62 bits per heavy atom. The molecular formula is C18H31NO2. The average Bonchev–Trinajstić information content (AvgIpc) is 3.10. The van der Waals surface area contributed by atoms with E-state index in [1.54, 1.807) is 0 Å². The Bertz CT molecular complexity index is 379. The highest BCUT2D eigenvalue weighted by Crippen LogP contribution is 2.44. The van der Waals surface area contributed by atoms with Gasteiger partial charge in [-0.1, -0.05) is 25.7 Å². The fraction of sp³-hybridized carbons (Fsp3) is 1.00. The topological polar surface area (TPSA) is 32.7 Å². The van der Waals surface area contributed by atoms with Crippen LogP contribution in [0.5, 0.6) is 0 Å². The number of hydrogen-bond acceptors (Lipinski definition) is 3. The van der Waals surface area contributed by atoms with Crippen LogP contribution in [0.15, 0.2) is 0 Å². The van der Waals surface area contributed by atoms with E-state index < -0.39 is 0 Å². The minimum Gasteiger partial charge on any atom is -0.390 e. The third kappa shape index (κ3) is 2.77. The molecule has 3 heteroatoms. The molecule has 120 valence electrons. The summed E-state index contributed by atoms with van der Waals surface area (Å²) >= 11 is 0. The van der Waals surface area contributed by atoms with E-state index in [2.05, 4.69) is 4.90 Å². The highest BCUT2D eigenvalue weighted by Gasteiger charge is 2.45. The monoisotopic (exact) mass is 293 g/mol. The first kappa shape index (κ1) is 14.5. The van der Waals surface area contributed by atoms with Crippen LogP contribution in [0.4, 0.5) is 0 Å². The second-order valence-corrected chi connectivity index (χ2v) is 8.22. The van der Waals surface area contributed by atoms with E-state index in [0.29, 0.717) is 12.0 Å². The minimum absolute atomic E-state index is 0.270. The third-order valence-electron chi connectivity index (χ3n) is 6.83. The van der Waals surface area contributed by atoms with Crippen molar-refractivity contribution in [1.29, 1.82) is 0 Å². The van der Waals surface area contributed by atoms with Gasteiger partial charge in [0.1, 0.15) is 0 Å². The lowest BCUT2D eigenvalue weighted by Gasteiger charge is -2.47. The van der Waals surface area contributed by atoms with Crippen molar-refractivity contribution in [2.24, 2.45) is 5.92 Å². The number of hydrogen-bond donors (Lipinski definition) is 1. The van der Waals surface area contributed by atoms with Crippen molar-refractivity contribution >= 4 is 0 Å². The Balaban J connectivity index is 1.32. The number of piperidine rings is 1. The van der Waals surface area contributed by atoms with E-state index in [1.165, 1.54) is 57.8 Å². The zero-order valence-corrected chi connectivity index (χ0v) is 13.4. The van der Waals surface area contributed by atoms with E-state index in [0.717, 1.165) is 32.5 Å². The lowest BCUT2D eigenvalue weighted by Crippen LogP contribution is -2.54. The number of likely N-dealkylation sites (tertiary alicyclic amines) is 1. The van der Waals surface area contributed by atoms with Crippen molar-refractivity contribution in [3.63, 3.8) is 0 Å². The number of fused-ring (bicyclic) bond motifs is 1. The van der Waals surface area contributed by atoms with Crippen molar-refractivity contribution in [3.8, 4) is 0 Å². The summed E-state index contributed by atoms with van der Waals surface area (Å²) < 4.78 is 6.47. The van der Waals surface area contributed by atoms with Gasteiger partial charge in [-0.15, -0.1) is 0 Å². The van der Waals surface area contributed by atoms with Crippen LogP contribution in [-0.2, 0) is 4.74 Å². The summed E-state index contributed by atoms with van der Waals surface area (Å²) in [6.07, 6.45) is 14.1. The highest BCUT2D eigenvalue weighted by molar-refractivity contribution is 4.97.